The zero-order chi connectivity index (χ0) is 14.9. The normalized spacial score (nSPS) is 14.3. The Balaban J connectivity index is 1.66. The molecule has 0 unspecified atom stereocenters. The maximum atomic E-state index is 12.3. The van der Waals surface area contributed by atoms with Crippen molar-refractivity contribution in [3.8, 4) is 0 Å². The molecule has 0 radical (unpaired) electrons. The monoisotopic (exact) mass is 323 g/mol. The lowest BCUT2D eigenvalue weighted by molar-refractivity contribution is 0.581. The summed E-state index contributed by atoms with van der Waals surface area (Å²) in [5.41, 5.74) is 3.21. The molecule has 0 spiro atoms. The lowest BCUT2D eigenvalue weighted by Gasteiger charge is -2.07. The molecule has 21 heavy (non-hydrogen) atoms. The molecule has 3 rings (SSSR count). The largest absolute Gasteiger partial charge is 0.309 e. The summed E-state index contributed by atoms with van der Waals surface area (Å²) in [5.74, 6) is 0. The standard InChI is InChI=1S/C14H17N3O2S2/c1-10-9-20-14(17-10)4-5-16-21(18,19)13-3-2-11-7-15-8-12(11)6-13/h2-3,6,9,15-16H,4-5,7-8H2,1H3. The molecule has 2 heterocycles. The van der Waals surface area contributed by atoms with E-state index in [2.05, 4.69) is 15.0 Å². The van der Waals surface area contributed by atoms with Gasteiger partial charge in [-0.2, -0.15) is 0 Å². The van der Waals surface area contributed by atoms with Crippen LogP contribution in [0.25, 0.3) is 0 Å². The number of benzene rings is 1. The van der Waals surface area contributed by atoms with Gasteiger partial charge in [-0.3, -0.25) is 0 Å². The first kappa shape index (κ1) is 14.6. The van der Waals surface area contributed by atoms with E-state index in [-0.39, 0.29) is 0 Å². The second-order valence-corrected chi connectivity index (χ2v) is 7.77. The lowest BCUT2D eigenvalue weighted by Crippen LogP contribution is -2.26. The summed E-state index contributed by atoms with van der Waals surface area (Å²) in [6.07, 6.45) is 0.615. The Labute approximate surface area is 128 Å². The third-order valence-electron chi connectivity index (χ3n) is 3.42. The van der Waals surface area contributed by atoms with E-state index in [1.54, 1.807) is 23.5 Å². The summed E-state index contributed by atoms with van der Waals surface area (Å²) in [7, 11) is -3.45. The predicted octanol–water partition coefficient (Wildman–Crippen LogP) is 1.58. The van der Waals surface area contributed by atoms with Gasteiger partial charge < -0.3 is 5.32 Å². The van der Waals surface area contributed by atoms with E-state index in [4.69, 9.17) is 0 Å². The molecule has 1 aliphatic rings. The molecule has 5 nitrogen and oxygen atoms in total. The van der Waals surface area contributed by atoms with E-state index >= 15 is 0 Å². The molecule has 1 aromatic heterocycles. The topological polar surface area (TPSA) is 71.1 Å². The van der Waals surface area contributed by atoms with Gasteiger partial charge >= 0.3 is 0 Å². The Hall–Kier alpha value is -1.28. The van der Waals surface area contributed by atoms with Crippen LogP contribution < -0.4 is 10.0 Å². The van der Waals surface area contributed by atoms with E-state index in [1.165, 1.54) is 5.56 Å². The van der Waals surface area contributed by atoms with Crippen LogP contribution in [-0.2, 0) is 29.5 Å². The number of hydrogen-bond donors (Lipinski definition) is 2. The van der Waals surface area contributed by atoms with Gasteiger partial charge in [0.25, 0.3) is 0 Å². The Morgan fingerprint density at radius 3 is 2.90 bits per heavy atom. The number of aromatic nitrogens is 1. The first-order chi connectivity index (χ1) is 10.0. The molecule has 0 atom stereocenters. The Kier molecular flexibility index (Phi) is 4.08. The summed E-state index contributed by atoms with van der Waals surface area (Å²) in [6.45, 7) is 3.84. The van der Waals surface area contributed by atoms with Crippen LogP contribution >= 0.6 is 11.3 Å². The van der Waals surface area contributed by atoms with Crippen LogP contribution in [0.4, 0.5) is 0 Å². The fraction of sp³-hybridized carbons (Fsp3) is 0.357. The average molecular weight is 323 g/mol. The zero-order valence-electron chi connectivity index (χ0n) is 11.7. The van der Waals surface area contributed by atoms with E-state index in [0.29, 0.717) is 17.9 Å². The van der Waals surface area contributed by atoms with E-state index in [1.807, 2.05) is 18.4 Å². The van der Waals surface area contributed by atoms with Crippen molar-refractivity contribution in [1.29, 1.82) is 0 Å². The van der Waals surface area contributed by atoms with Crippen molar-refractivity contribution in [2.75, 3.05) is 6.54 Å². The van der Waals surface area contributed by atoms with Gasteiger partial charge in [0.05, 0.1) is 9.90 Å². The van der Waals surface area contributed by atoms with Gasteiger partial charge in [-0.05, 0) is 30.2 Å². The maximum absolute atomic E-state index is 12.3. The summed E-state index contributed by atoms with van der Waals surface area (Å²) >= 11 is 1.56. The molecule has 0 bridgehead atoms. The van der Waals surface area contributed by atoms with Crippen molar-refractivity contribution in [1.82, 2.24) is 15.0 Å². The molecule has 2 aromatic rings. The molecule has 0 fully saturated rings. The van der Waals surface area contributed by atoms with Crippen LogP contribution in [0.15, 0.2) is 28.5 Å². The van der Waals surface area contributed by atoms with E-state index in [0.717, 1.165) is 29.4 Å². The van der Waals surface area contributed by atoms with Crippen molar-refractivity contribution < 1.29 is 8.42 Å². The van der Waals surface area contributed by atoms with Crippen LogP contribution in [-0.4, -0.2) is 19.9 Å². The van der Waals surface area contributed by atoms with Gasteiger partial charge in [-0.25, -0.2) is 18.1 Å². The molecule has 1 aromatic carbocycles. The molecule has 0 aliphatic carbocycles. The van der Waals surface area contributed by atoms with Crippen molar-refractivity contribution in [2.24, 2.45) is 0 Å². The van der Waals surface area contributed by atoms with Gasteiger partial charge in [-0.1, -0.05) is 6.07 Å². The number of aryl methyl sites for hydroxylation is 1. The quantitative estimate of drug-likeness (QED) is 0.876. The van der Waals surface area contributed by atoms with Crippen molar-refractivity contribution in [3.63, 3.8) is 0 Å². The Morgan fingerprint density at radius 1 is 1.33 bits per heavy atom. The highest BCUT2D eigenvalue weighted by Gasteiger charge is 2.17. The minimum absolute atomic E-state index is 0.334. The molecule has 1 aliphatic heterocycles. The number of sulfonamides is 1. The molecule has 0 saturated carbocycles. The molecule has 2 N–H and O–H groups in total. The van der Waals surface area contributed by atoms with Gasteiger partial charge in [0.1, 0.15) is 0 Å². The van der Waals surface area contributed by atoms with Gasteiger partial charge in [0.2, 0.25) is 10.0 Å². The minimum Gasteiger partial charge on any atom is -0.309 e. The van der Waals surface area contributed by atoms with Crippen molar-refractivity contribution >= 4 is 21.4 Å². The Morgan fingerprint density at radius 2 is 2.14 bits per heavy atom. The van der Waals surface area contributed by atoms with E-state index < -0.39 is 10.0 Å². The summed E-state index contributed by atoms with van der Waals surface area (Å²) in [5, 5.41) is 6.13. The number of rotatable bonds is 5. The van der Waals surface area contributed by atoms with Crippen LogP contribution in [0.1, 0.15) is 21.8 Å². The minimum atomic E-state index is -3.45. The summed E-state index contributed by atoms with van der Waals surface area (Å²) in [6, 6.07) is 5.31. The molecular weight excluding hydrogens is 306 g/mol. The second kappa shape index (κ2) is 5.84. The van der Waals surface area contributed by atoms with Crippen LogP contribution in [0, 0.1) is 6.92 Å². The van der Waals surface area contributed by atoms with Gasteiger partial charge in [0.15, 0.2) is 0 Å². The number of thiazole rings is 1. The zero-order valence-corrected chi connectivity index (χ0v) is 13.4. The van der Waals surface area contributed by atoms with Gasteiger partial charge in [-0.15, -0.1) is 11.3 Å². The molecule has 7 heteroatoms. The van der Waals surface area contributed by atoms with Gasteiger partial charge in [0, 0.05) is 37.1 Å². The maximum Gasteiger partial charge on any atom is 0.240 e. The number of nitrogens with zero attached hydrogens (tertiary/aromatic N) is 1. The highest BCUT2D eigenvalue weighted by Crippen LogP contribution is 2.20. The van der Waals surface area contributed by atoms with Crippen molar-refractivity contribution in [3.05, 3.63) is 45.4 Å². The highest BCUT2D eigenvalue weighted by molar-refractivity contribution is 7.89. The second-order valence-electron chi connectivity index (χ2n) is 5.06. The fourth-order valence-corrected chi connectivity index (χ4v) is 4.19. The third kappa shape index (κ3) is 3.32. The number of nitrogens with one attached hydrogen (secondary N) is 2. The van der Waals surface area contributed by atoms with Crippen LogP contribution in [0.5, 0.6) is 0 Å². The first-order valence-electron chi connectivity index (χ1n) is 6.78. The average Bonchev–Trinajstić information content (AvgIpc) is 3.06. The molecule has 0 amide bonds. The summed E-state index contributed by atoms with van der Waals surface area (Å²) in [4.78, 5) is 4.66. The van der Waals surface area contributed by atoms with Crippen molar-refractivity contribution in [2.45, 2.75) is 31.3 Å². The predicted molar refractivity (Wildman–Crippen MR) is 82.7 cm³/mol. The number of hydrogen-bond acceptors (Lipinski definition) is 5. The first-order valence-corrected chi connectivity index (χ1v) is 9.14. The molecule has 112 valence electrons. The molecular formula is C14H17N3O2S2. The fourth-order valence-electron chi connectivity index (χ4n) is 2.33. The highest BCUT2D eigenvalue weighted by atomic mass is 32.2. The SMILES string of the molecule is Cc1csc(CCNS(=O)(=O)c2ccc3c(c2)CNC3)n1. The number of fused-ring (bicyclic) bond motifs is 1. The van der Waals surface area contributed by atoms with Crippen LogP contribution in [0.2, 0.25) is 0 Å². The lowest BCUT2D eigenvalue weighted by atomic mass is 10.1. The smallest absolute Gasteiger partial charge is 0.240 e. The Bertz CT molecular complexity index is 753. The third-order valence-corrected chi connectivity index (χ3v) is 5.90. The molecule has 0 saturated heterocycles. The van der Waals surface area contributed by atoms with Crippen LogP contribution in [0.3, 0.4) is 0 Å². The van der Waals surface area contributed by atoms with E-state index in [9.17, 15) is 8.42 Å². The summed E-state index contributed by atoms with van der Waals surface area (Å²) < 4.78 is 27.2.